The summed E-state index contributed by atoms with van der Waals surface area (Å²) in [6, 6.07) is 0. The number of amides is 1. The van der Waals surface area contributed by atoms with Gasteiger partial charge in [-0.15, -0.1) is 0 Å². The second kappa shape index (κ2) is 7.11. The highest BCUT2D eigenvalue weighted by Crippen LogP contribution is 2.55. The van der Waals surface area contributed by atoms with Gasteiger partial charge in [-0.2, -0.15) is 5.10 Å². The van der Waals surface area contributed by atoms with Gasteiger partial charge < -0.3 is 20.1 Å². The molecule has 0 unspecified atom stereocenters. The lowest BCUT2D eigenvalue weighted by molar-refractivity contribution is -0.0167. The van der Waals surface area contributed by atoms with Crippen LogP contribution in [0.2, 0.25) is 0 Å². The van der Waals surface area contributed by atoms with Crippen LogP contribution in [0.5, 0.6) is 5.75 Å². The summed E-state index contributed by atoms with van der Waals surface area (Å²) in [4.78, 5) is 26.6. The quantitative estimate of drug-likeness (QED) is 0.670. The Morgan fingerprint density at radius 2 is 1.83 bits per heavy atom. The zero-order valence-corrected chi connectivity index (χ0v) is 17.4. The Labute approximate surface area is 174 Å². The molecule has 0 radical (unpaired) electrons. The van der Waals surface area contributed by atoms with Gasteiger partial charge in [0.05, 0.1) is 18.7 Å². The van der Waals surface area contributed by atoms with Crippen LogP contribution in [0.25, 0.3) is 11.0 Å². The van der Waals surface area contributed by atoms with Crippen LogP contribution in [0.4, 0.5) is 0 Å². The molecular formula is C22H30N4O4. The molecule has 4 fully saturated rings. The van der Waals surface area contributed by atoms with E-state index < -0.39 is 11.5 Å². The molecular weight excluding hydrogens is 384 g/mol. The maximum Gasteiger partial charge on any atom is 0.267 e. The third-order valence-corrected chi connectivity index (χ3v) is 7.37. The number of nitrogens with one attached hydrogen (secondary N) is 1. The number of aryl methyl sites for hydroxylation is 1. The molecule has 4 aliphatic rings. The van der Waals surface area contributed by atoms with Crippen molar-refractivity contribution in [1.29, 1.82) is 0 Å². The van der Waals surface area contributed by atoms with Crippen LogP contribution in [0.3, 0.4) is 0 Å². The SMILES string of the molecule is CCCn1c(=O)c(C(=O)NC23CC4CC(CC(C4)C2)C3)c(O)c2nn(CCO)cc21. The first kappa shape index (κ1) is 19.6. The highest BCUT2D eigenvalue weighted by Gasteiger charge is 2.51. The Morgan fingerprint density at radius 3 is 2.40 bits per heavy atom. The number of aliphatic hydroxyl groups excluding tert-OH is 1. The number of aromatic nitrogens is 3. The molecule has 4 aliphatic carbocycles. The first-order valence-corrected chi connectivity index (χ1v) is 11.2. The molecule has 8 heteroatoms. The molecule has 3 N–H and O–H groups in total. The Morgan fingerprint density at radius 1 is 1.20 bits per heavy atom. The van der Waals surface area contributed by atoms with E-state index in [0.29, 0.717) is 36.2 Å². The van der Waals surface area contributed by atoms with E-state index in [2.05, 4.69) is 10.4 Å². The van der Waals surface area contributed by atoms with Gasteiger partial charge in [-0.3, -0.25) is 14.3 Å². The predicted octanol–water partition coefficient (Wildman–Crippen LogP) is 2.00. The van der Waals surface area contributed by atoms with Gasteiger partial charge in [-0.05, 0) is 62.7 Å². The van der Waals surface area contributed by atoms with Crippen LogP contribution in [-0.4, -0.2) is 42.6 Å². The summed E-state index contributed by atoms with van der Waals surface area (Å²) in [6.07, 6.45) is 9.06. The van der Waals surface area contributed by atoms with E-state index in [4.69, 9.17) is 0 Å². The normalized spacial score (nSPS) is 29.6. The number of rotatable bonds is 6. The van der Waals surface area contributed by atoms with Crippen molar-refractivity contribution in [2.75, 3.05) is 6.61 Å². The first-order valence-electron chi connectivity index (χ1n) is 11.2. The predicted molar refractivity (Wildman–Crippen MR) is 111 cm³/mol. The molecule has 6 rings (SSSR count). The van der Waals surface area contributed by atoms with Crippen LogP contribution in [0, 0.1) is 17.8 Å². The van der Waals surface area contributed by atoms with E-state index in [9.17, 15) is 19.8 Å². The molecule has 4 bridgehead atoms. The zero-order chi connectivity index (χ0) is 21.0. The maximum atomic E-state index is 13.3. The summed E-state index contributed by atoms with van der Waals surface area (Å²) in [7, 11) is 0. The topological polar surface area (TPSA) is 109 Å². The monoisotopic (exact) mass is 414 g/mol. The first-order chi connectivity index (χ1) is 14.4. The minimum Gasteiger partial charge on any atom is -0.505 e. The molecule has 4 saturated carbocycles. The van der Waals surface area contributed by atoms with Crippen LogP contribution >= 0.6 is 0 Å². The summed E-state index contributed by atoms with van der Waals surface area (Å²) >= 11 is 0. The minimum atomic E-state index is -0.483. The minimum absolute atomic E-state index is 0.105. The van der Waals surface area contributed by atoms with Crippen LogP contribution in [0.15, 0.2) is 11.0 Å². The largest absolute Gasteiger partial charge is 0.505 e. The third-order valence-electron chi connectivity index (χ3n) is 7.37. The number of carbonyl (C=O) groups excluding carboxylic acids is 1. The van der Waals surface area contributed by atoms with Crippen LogP contribution in [-0.2, 0) is 13.1 Å². The zero-order valence-electron chi connectivity index (χ0n) is 17.4. The number of hydrogen-bond donors (Lipinski definition) is 3. The smallest absolute Gasteiger partial charge is 0.267 e. The standard InChI is InChI=1S/C22H30N4O4/c1-2-3-26-16-12-25(4-5-27)24-18(16)19(28)17(21(26)30)20(29)23-22-9-13-6-14(10-22)8-15(7-13)11-22/h12-15,27-28H,2-11H2,1H3,(H,23,29). The van der Waals surface area contributed by atoms with Crippen molar-refractivity contribution in [2.24, 2.45) is 17.8 Å². The summed E-state index contributed by atoms with van der Waals surface area (Å²) in [6.45, 7) is 2.53. The van der Waals surface area contributed by atoms with E-state index >= 15 is 0 Å². The number of fused-ring (bicyclic) bond motifs is 1. The Bertz CT molecular complexity index is 1020. The van der Waals surface area contributed by atoms with Gasteiger partial charge in [0.15, 0.2) is 11.3 Å². The van der Waals surface area contributed by atoms with Crippen molar-refractivity contribution in [1.82, 2.24) is 19.7 Å². The fourth-order valence-electron chi connectivity index (χ4n) is 6.68. The van der Waals surface area contributed by atoms with E-state index in [0.717, 1.165) is 19.3 Å². The molecule has 0 spiro atoms. The highest BCUT2D eigenvalue weighted by atomic mass is 16.3. The Hall–Kier alpha value is -2.35. The second-order valence-electron chi connectivity index (χ2n) is 9.68. The van der Waals surface area contributed by atoms with E-state index in [-0.39, 0.29) is 35.5 Å². The molecule has 2 heterocycles. The van der Waals surface area contributed by atoms with Gasteiger partial charge in [-0.1, -0.05) is 6.92 Å². The summed E-state index contributed by atoms with van der Waals surface area (Å²) in [5, 5.41) is 27.6. The molecule has 0 aromatic carbocycles. The molecule has 0 atom stereocenters. The maximum absolute atomic E-state index is 13.3. The molecule has 1 amide bonds. The Kier molecular flexibility index (Phi) is 4.65. The average Bonchev–Trinajstić information content (AvgIpc) is 3.08. The molecule has 2 aromatic rings. The van der Waals surface area contributed by atoms with Crippen molar-refractivity contribution in [3.8, 4) is 5.75 Å². The fraction of sp³-hybridized carbons (Fsp3) is 0.682. The van der Waals surface area contributed by atoms with Crippen molar-refractivity contribution >= 4 is 16.9 Å². The van der Waals surface area contributed by atoms with Crippen molar-refractivity contribution in [3.63, 3.8) is 0 Å². The Balaban J connectivity index is 1.55. The number of aromatic hydroxyl groups is 1. The molecule has 2 aromatic heterocycles. The van der Waals surface area contributed by atoms with Gasteiger partial charge in [0.2, 0.25) is 0 Å². The lowest BCUT2D eigenvalue weighted by atomic mass is 9.53. The molecule has 0 aliphatic heterocycles. The van der Waals surface area contributed by atoms with Gasteiger partial charge >= 0.3 is 0 Å². The van der Waals surface area contributed by atoms with Gasteiger partial charge in [0, 0.05) is 18.3 Å². The van der Waals surface area contributed by atoms with Crippen molar-refractivity contribution in [2.45, 2.75) is 70.5 Å². The van der Waals surface area contributed by atoms with Crippen molar-refractivity contribution < 1.29 is 15.0 Å². The molecule has 0 saturated heterocycles. The molecule has 162 valence electrons. The average molecular weight is 415 g/mol. The van der Waals surface area contributed by atoms with Crippen LogP contribution < -0.4 is 10.9 Å². The molecule has 8 nitrogen and oxygen atoms in total. The molecule has 30 heavy (non-hydrogen) atoms. The summed E-state index contributed by atoms with van der Waals surface area (Å²) in [5.41, 5.74) is -0.217. The third kappa shape index (κ3) is 3.04. The van der Waals surface area contributed by atoms with Gasteiger partial charge in [0.1, 0.15) is 5.56 Å². The van der Waals surface area contributed by atoms with E-state index in [1.54, 1.807) is 6.20 Å². The van der Waals surface area contributed by atoms with E-state index in [1.807, 2.05) is 6.92 Å². The van der Waals surface area contributed by atoms with Gasteiger partial charge in [-0.25, -0.2) is 0 Å². The fourth-order valence-corrected chi connectivity index (χ4v) is 6.68. The lowest BCUT2D eigenvalue weighted by Crippen LogP contribution is -2.60. The highest BCUT2D eigenvalue weighted by molar-refractivity contribution is 6.01. The van der Waals surface area contributed by atoms with E-state index in [1.165, 1.54) is 28.5 Å². The van der Waals surface area contributed by atoms with Crippen molar-refractivity contribution in [3.05, 3.63) is 22.1 Å². The number of hydrogen-bond acceptors (Lipinski definition) is 5. The number of aliphatic hydroxyl groups is 1. The summed E-state index contributed by atoms with van der Waals surface area (Å²) < 4.78 is 3.02. The number of carbonyl (C=O) groups is 1. The number of pyridine rings is 1. The second-order valence-corrected chi connectivity index (χ2v) is 9.68. The summed E-state index contributed by atoms with van der Waals surface area (Å²) in [5.74, 6) is 1.15. The number of nitrogens with zero attached hydrogens (tertiary/aromatic N) is 3. The van der Waals surface area contributed by atoms with Crippen LogP contribution in [0.1, 0.15) is 62.2 Å². The lowest BCUT2D eigenvalue weighted by Gasteiger charge is -2.56. The van der Waals surface area contributed by atoms with Gasteiger partial charge in [0.25, 0.3) is 11.5 Å².